The van der Waals surface area contributed by atoms with E-state index < -0.39 is 0 Å². The van der Waals surface area contributed by atoms with E-state index in [4.69, 9.17) is 13.6 Å². The summed E-state index contributed by atoms with van der Waals surface area (Å²) >= 11 is 2.93. The molecule has 0 aliphatic carbocycles. The number of benzene rings is 1. The Hall–Kier alpha value is -2.85. The van der Waals surface area contributed by atoms with Crippen molar-refractivity contribution in [3.05, 3.63) is 47.7 Å². The Morgan fingerprint density at radius 1 is 1.11 bits per heavy atom. The minimum atomic E-state index is 0.459. The van der Waals surface area contributed by atoms with Gasteiger partial charge in [0.15, 0.2) is 4.34 Å². The van der Waals surface area contributed by atoms with Crippen molar-refractivity contribution in [1.82, 2.24) is 20.4 Å². The van der Waals surface area contributed by atoms with Gasteiger partial charge in [0, 0.05) is 0 Å². The molecule has 0 saturated carbocycles. The first kappa shape index (κ1) is 18.5. The molecule has 3 aromatic heterocycles. The molecular formula is C18H17N5O3S2. The molecule has 0 amide bonds. The van der Waals surface area contributed by atoms with E-state index in [1.54, 1.807) is 7.11 Å². The summed E-state index contributed by atoms with van der Waals surface area (Å²) in [5, 5.41) is 20.5. The van der Waals surface area contributed by atoms with Gasteiger partial charge in [0.05, 0.1) is 24.1 Å². The highest BCUT2D eigenvalue weighted by Gasteiger charge is 2.15. The van der Waals surface area contributed by atoms with Gasteiger partial charge in [0.25, 0.3) is 5.89 Å². The van der Waals surface area contributed by atoms with E-state index in [2.05, 4.69) is 25.7 Å². The van der Waals surface area contributed by atoms with Crippen molar-refractivity contribution in [2.24, 2.45) is 0 Å². The minimum Gasteiger partial charge on any atom is -0.495 e. The molecule has 4 aromatic rings. The van der Waals surface area contributed by atoms with Crippen LogP contribution in [0.1, 0.15) is 17.4 Å². The van der Waals surface area contributed by atoms with E-state index in [0.29, 0.717) is 22.7 Å². The number of thioether (sulfide) groups is 1. The van der Waals surface area contributed by atoms with E-state index in [1.165, 1.54) is 23.1 Å². The van der Waals surface area contributed by atoms with Crippen LogP contribution >= 0.6 is 23.1 Å². The molecule has 0 aliphatic heterocycles. The minimum absolute atomic E-state index is 0.459. The Morgan fingerprint density at radius 2 is 1.96 bits per heavy atom. The van der Waals surface area contributed by atoms with Gasteiger partial charge in [-0.3, -0.25) is 0 Å². The molecule has 0 radical (unpaired) electrons. The van der Waals surface area contributed by atoms with Crippen molar-refractivity contribution in [3.63, 3.8) is 0 Å². The Bertz CT molecular complexity index is 1090. The molecule has 1 N–H and O–H groups in total. The number of hydrogen-bond donors (Lipinski definition) is 1. The zero-order chi connectivity index (χ0) is 19.5. The van der Waals surface area contributed by atoms with Crippen LogP contribution in [0.3, 0.4) is 0 Å². The summed E-state index contributed by atoms with van der Waals surface area (Å²) in [4.78, 5) is 0. The predicted octanol–water partition coefficient (Wildman–Crippen LogP) is 4.84. The highest BCUT2D eigenvalue weighted by molar-refractivity contribution is 8.00. The monoisotopic (exact) mass is 415 g/mol. The van der Waals surface area contributed by atoms with Gasteiger partial charge in [0.2, 0.25) is 11.0 Å². The van der Waals surface area contributed by atoms with Crippen LogP contribution in [0, 0.1) is 13.8 Å². The lowest BCUT2D eigenvalue weighted by atomic mass is 10.2. The summed E-state index contributed by atoms with van der Waals surface area (Å²) in [6, 6.07) is 9.54. The quantitative estimate of drug-likeness (QED) is 0.425. The van der Waals surface area contributed by atoms with Crippen molar-refractivity contribution in [3.8, 4) is 17.2 Å². The molecule has 0 atom stereocenters. The van der Waals surface area contributed by atoms with Crippen LogP contribution in [0.2, 0.25) is 0 Å². The molecule has 1 aromatic carbocycles. The maximum absolute atomic E-state index is 5.74. The topological polar surface area (TPSA) is 99.1 Å². The number of ether oxygens (including phenoxy) is 1. The first-order chi connectivity index (χ1) is 13.6. The van der Waals surface area contributed by atoms with Gasteiger partial charge >= 0.3 is 0 Å². The van der Waals surface area contributed by atoms with E-state index in [9.17, 15) is 0 Å². The number of nitrogens with one attached hydrogen (secondary N) is 1. The molecule has 0 aliphatic rings. The number of anilines is 2. The fourth-order valence-electron chi connectivity index (χ4n) is 2.57. The molecule has 0 bridgehead atoms. The SMILES string of the molecule is COc1ccccc1Nc1nnc(SCc2nnc(-c3cc(C)oc3C)o2)s1. The molecule has 3 heterocycles. The third-order valence-corrected chi connectivity index (χ3v) is 5.77. The van der Waals surface area contributed by atoms with Crippen LogP contribution in [0.15, 0.2) is 43.5 Å². The normalized spacial score (nSPS) is 11.0. The average Bonchev–Trinajstić information content (AvgIpc) is 3.41. The van der Waals surface area contributed by atoms with Crippen molar-refractivity contribution in [2.45, 2.75) is 23.9 Å². The first-order valence-corrected chi connectivity index (χ1v) is 10.2. The number of rotatable bonds is 7. The number of furan rings is 1. The van der Waals surface area contributed by atoms with Crippen LogP contribution in [-0.4, -0.2) is 27.5 Å². The average molecular weight is 416 g/mol. The number of hydrogen-bond acceptors (Lipinski definition) is 10. The van der Waals surface area contributed by atoms with E-state index in [-0.39, 0.29) is 0 Å². The van der Waals surface area contributed by atoms with Crippen LogP contribution in [0.25, 0.3) is 11.5 Å². The summed E-state index contributed by atoms with van der Waals surface area (Å²) in [6.07, 6.45) is 0. The van der Waals surface area contributed by atoms with Gasteiger partial charge in [-0.15, -0.1) is 20.4 Å². The van der Waals surface area contributed by atoms with Crippen molar-refractivity contribution in [2.75, 3.05) is 12.4 Å². The van der Waals surface area contributed by atoms with Gasteiger partial charge < -0.3 is 18.9 Å². The van der Waals surface area contributed by atoms with Crippen molar-refractivity contribution < 1.29 is 13.6 Å². The second-order valence-corrected chi connectivity index (χ2v) is 8.01. The highest BCUT2D eigenvalue weighted by atomic mass is 32.2. The van der Waals surface area contributed by atoms with Gasteiger partial charge in [-0.05, 0) is 32.0 Å². The molecule has 4 rings (SSSR count). The summed E-state index contributed by atoms with van der Waals surface area (Å²) < 4.78 is 17.4. The van der Waals surface area contributed by atoms with Crippen LogP contribution in [-0.2, 0) is 5.75 Å². The van der Waals surface area contributed by atoms with Gasteiger partial charge in [-0.2, -0.15) is 0 Å². The molecular weight excluding hydrogens is 398 g/mol. The van der Waals surface area contributed by atoms with E-state index >= 15 is 0 Å². The van der Waals surface area contributed by atoms with Gasteiger partial charge in [0.1, 0.15) is 17.3 Å². The summed E-state index contributed by atoms with van der Waals surface area (Å²) in [6.45, 7) is 3.76. The fraction of sp³-hybridized carbons (Fsp3) is 0.222. The molecule has 28 heavy (non-hydrogen) atoms. The largest absolute Gasteiger partial charge is 0.495 e. The molecule has 144 valence electrons. The van der Waals surface area contributed by atoms with Gasteiger partial charge in [-0.25, -0.2) is 0 Å². The Kier molecular flexibility index (Phi) is 5.31. The maximum atomic E-state index is 5.74. The predicted molar refractivity (Wildman–Crippen MR) is 107 cm³/mol. The second kappa shape index (κ2) is 8.03. The molecule has 0 saturated heterocycles. The van der Waals surface area contributed by atoms with Crippen molar-refractivity contribution in [1.29, 1.82) is 0 Å². The molecule has 10 heteroatoms. The number of para-hydroxylation sites is 2. The molecule has 8 nitrogen and oxygen atoms in total. The Labute approximate surface area is 169 Å². The number of nitrogens with zero attached hydrogens (tertiary/aromatic N) is 4. The lowest BCUT2D eigenvalue weighted by Gasteiger charge is -2.07. The van der Waals surface area contributed by atoms with Gasteiger partial charge in [-0.1, -0.05) is 35.2 Å². The molecule has 0 unspecified atom stereocenters. The van der Waals surface area contributed by atoms with Crippen molar-refractivity contribution >= 4 is 33.9 Å². The van der Waals surface area contributed by atoms with Crippen LogP contribution in [0.5, 0.6) is 5.75 Å². The summed E-state index contributed by atoms with van der Waals surface area (Å²) in [7, 11) is 1.63. The Morgan fingerprint density at radius 3 is 2.75 bits per heavy atom. The summed E-state index contributed by atoms with van der Waals surface area (Å²) in [5.41, 5.74) is 1.66. The third-order valence-electron chi connectivity index (χ3n) is 3.81. The highest BCUT2D eigenvalue weighted by Crippen LogP contribution is 2.33. The second-order valence-electron chi connectivity index (χ2n) is 5.81. The lowest BCUT2D eigenvalue weighted by Crippen LogP contribution is -1.93. The standard InChI is InChI=1S/C18H17N5O3S2/c1-10-8-12(11(2)25-10)16-21-20-15(26-16)9-27-18-23-22-17(28-18)19-13-6-4-5-7-14(13)24-3/h4-8H,9H2,1-3H3,(H,19,22). The van der Waals surface area contributed by atoms with E-state index in [0.717, 1.165) is 32.9 Å². The first-order valence-electron chi connectivity index (χ1n) is 8.38. The smallest absolute Gasteiger partial charge is 0.251 e. The fourth-order valence-corrected chi connectivity index (χ4v) is 4.17. The zero-order valence-electron chi connectivity index (χ0n) is 15.4. The van der Waals surface area contributed by atoms with Crippen LogP contribution in [0.4, 0.5) is 10.8 Å². The Balaban J connectivity index is 1.39. The number of methoxy groups -OCH3 is 1. The third kappa shape index (κ3) is 4.02. The molecule has 0 spiro atoms. The van der Waals surface area contributed by atoms with Crippen LogP contribution < -0.4 is 10.1 Å². The zero-order valence-corrected chi connectivity index (χ0v) is 17.1. The molecule has 0 fully saturated rings. The number of aromatic nitrogens is 4. The summed E-state index contributed by atoms with van der Waals surface area (Å²) in [5.74, 6) is 3.80. The maximum Gasteiger partial charge on any atom is 0.251 e. The number of aryl methyl sites for hydroxylation is 2. The lowest BCUT2D eigenvalue weighted by molar-refractivity contribution is 0.417. The van der Waals surface area contributed by atoms with E-state index in [1.807, 2.05) is 44.2 Å².